The van der Waals surface area contributed by atoms with Crippen molar-refractivity contribution >= 4 is 0 Å². The first-order chi connectivity index (χ1) is 7.65. The minimum absolute atomic E-state index is 0.245. The number of rotatable bonds is 5. The number of hydrogen-bond acceptors (Lipinski definition) is 4. The molecule has 0 aromatic carbocycles. The summed E-state index contributed by atoms with van der Waals surface area (Å²) in [6.45, 7) is 5.22. The molecule has 16 heavy (non-hydrogen) atoms. The summed E-state index contributed by atoms with van der Waals surface area (Å²) in [6, 6.07) is 0.610. The van der Waals surface area contributed by atoms with Gasteiger partial charge in [-0.25, -0.2) is 0 Å². The summed E-state index contributed by atoms with van der Waals surface area (Å²) in [5.74, 6) is 0.844. The summed E-state index contributed by atoms with van der Waals surface area (Å²) in [6.07, 6.45) is 2.42. The fourth-order valence-corrected chi connectivity index (χ4v) is 2.97. The lowest BCUT2D eigenvalue weighted by Gasteiger charge is -2.45. The molecular weight excluding hydrogens is 202 g/mol. The molecule has 3 rings (SSSR count). The van der Waals surface area contributed by atoms with Gasteiger partial charge in [-0.1, -0.05) is 0 Å². The van der Waals surface area contributed by atoms with Crippen LogP contribution in [0.5, 0.6) is 0 Å². The lowest BCUT2D eigenvalue weighted by Crippen LogP contribution is -2.57. The number of fused-ring (bicyclic) bond motifs is 3. The number of aliphatic hydroxyl groups excluding tert-OH is 1. The number of likely N-dealkylation sites (N-methyl/N-ethyl adjacent to an activating group) is 1. The van der Waals surface area contributed by atoms with Crippen LogP contribution in [-0.2, 0) is 0 Å². The molecule has 3 saturated heterocycles. The Balaban J connectivity index is 1.70. The van der Waals surface area contributed by atoms with Crippen LogP contribution in [0, 0.1) is 5.92 Å². The van der Waals surface area contributed by atoms with E-state index in [1.54, 1.807) is 0 Å². The summed E-state index contributed by atoms with van der Waals surface area (Å²) in [4.78, 5) is 4.57. The van der Waals surface area contributed by atoms with Crippen molar-refractivity contribution in [3.05, 3.63) is 0 Å². The van der Waals surface area contributed by atoms with Crippen molar-refractivity contribution in [2.75, 3.05) is 46.8 Å². The van der Waals surface area contributed by atoms with Gasteiger partial charge in [0.15, 0.2) is 0 Å². The van der Waals surface area contributed by atoms with E-state index in [-0.39, 0.29) is 6.10 Å². The number of nitrogens with zero attached hydrogens (tertiary/aromatic N) is 2. The van der Waals surface area contributed by atoms with Crippen LogP contribution in [0.2, 0.25) is 0 Å². The Labute approximate surface area is 98.6 Å². The molecule has 94 valence electrons. The van der Waals surface area contributed by atoms with Gasteiger partial charge in [-0.15, -0.1) is 0 Å². The molecule has 2 bridgehead atoms. The van der Waals surface area contributed by atoms with Crippen molar-refractivity contribution in [1.29, 1.82) is 0 Å². The molecule has 3 fully saturated rings. The molecule has 0 radical (unpaired) electrons. The Bertz CT molecular complexity index is 214. The van der Waals surface area contributed by atoms with Crippen LogP contribution in [0.4, 0.5) is 0 Å². The Morgan fingerprint density at radius 3 is 2.56 bits per heavy atom. The highest BCUT2D eigenvalue weighted by Gasteiger charge is 2.33. The molecule has 4 nitrogen and oxygen atoms in total. The maximum absolute atomic E-state index is 9.80. The van der Waals surface area contributed by atoms with Crippen molar-refractivity contribution in [2.45, 2.75) is 25.0 Å². The van der Waals surface area contributed by atoms with Gasteiger partial charge in [0.05, 0.1) is 6.10 Å². The average Bonchev–Trinajstić information content (AvgIpc) is 2.27. The third-order valence-electron chi connectivity index (χ3n) is 3.85. The van der Waals surface area contributed by atoms with Gasteiger partial charge in [0.1, 0.15) is 0 Å². The van der Waals surface area contributed by atoms with Crippen molar-refractivity contribution in [2.24, 2.45) is 5.92 Å². The lowest BCUT2D eigenvalue weighted by molar-refractivity contribution is 0.0601. The minimum Gasteiger partial charge on any atom is -0.390 e. The van der Waals surface area contributed by atoms with Crippen LogP contribution in [0.3, 0.4) is 0 Å². The van der Waals surface area contributed by atoms with E-state index in [1.165, 1.54) is 32.5 Å². The average molecular weight is 227 g/mol. The quantitative estimate of drug-likeness (QED) is 0.670. The first-order valence-electron chi connectivity index (χ1n) is 6.43. The van der Waals surface area contributed by atoms with Crippen molar-refractivity contribution in [3.8, 4) is 0 Å². The fraction of sp³-hybridized carbons (Fsp3) is 1.00. The van der Waals surface area contributed by atoms with E-state index < -0.39 is 0 Å². The molecule has 3 aliphatic rings. The standard InChI is InChI=1S/C12H25N3O/c1-14(2)8-11(16)7-13-12-9-15-5-3-10(12)4-6-15/h10-13,16H,3-9H2,1-2H3. The van der Waals surface area contributed by atoms with E-state index in [0.717, 1.165) is 19.0 Å². The van der Waals surface area contributed by atoms with Gasteiger partial charge < -0.3 is 20.2 Å². The van der Waals surface area contributed by atoms with Crippen LogP contribution in [0.15, 0.2) is 0 Å². The van der Waals surface area contributed by atoms with Gasteiger partial charge in [-0.05, 0) is 45.9 Å². The summed E-state index contributed by atoms with van der Waals surface area (Å²) < 4.78 is 0. The number of hydrogen-bond donors (Lipinski definition) is 2. The zero-order chi connectivity index (χ0) is 11.5. The van der Waals surface area contributed by atoms with E-state index in [1.807, 2.05) is 19.0 Å². The molecule has 0 amide bonds. The molecular formula is C12H25N3O. The van der Waals surface area contributed by atoms with E-state index in [9.17, 15) is 5.11 Å². The van der Waals surface area contributed by atoms with Crippen LogP contribution >= 0.6 is 0 Å². The Hall–Kier alpha value is -0.160. The zero-order valence-electron chi connectivity index (χ0n) is 10.5. The van der Waals surface area contributed by atoms with Crippen LogP contribution < -0.4 is 5.32 Å². The second kappa shape index (κ2) is 5.45. The second-order valence-corrected chi connectivity index (χ2v) is 5.57. The van der Waals surface area contributed by atoms with Gasteiger partial charge in [-0.2, -0.15) is 0 Å². The zero-order valence-corrected chi connectivity index (χ0v) is 10.5. The predicted octanol–water partition coefficient (Wildman–Crippen LogP) is -0.407. The summed E-state index contributed by atoms with van der Waals surface area (Å²) in [5.41, 5.74) is 0. The Morgan fingerprint density at radius 2 is 2.06 bits per heavy atom. The molecule has 0 aromatic heterocycles. The predicted molar refractivity (Wildman–Crippen MR) is 65.5 cm³/mol. The molecule has 4 heteroatoms. The number of aliphatic hydroxyl groups is 1. The SMILES string of the molecule is CN(C)CC(O)CNC1CN2CCC1CC2. The van der Waals surface area contributed by atoms with Crippen molar-refractivity contribution in [1.82, 2.24) is 15.1 Å². The number of nitrogens with one attached hydrogen (secondary N) is 1. The monoisotopic (exact) mass is 227 g/mol. The highest BCUT2D eigenvalue weighted by molar-refractivity contribution is 4.91. The minimum atomic E-state index is -0.245. The normalized spacial score (nSPS) is 35.6. The number of piperidine rings is 3. The van der Waals surface area contributed by atoms with E-state index in [2.05, 4.69) is 10.2 Å². The molecule has 3 aliphatic heterocycles. The fourth-order valence-electron chi connectivity index (χ4n) is 2.97. The third-order valence-corrected chi connectivity index (χ3v) is 3.85. The molecule has 3 heterocycles. The van der Waals surface area contributed by atoms with E-state index in [0.29, 0.717) is 6.04 Å². The van der Waals surface area contributed by atoms with Gasteiger partial charge in [0.25, 0.3) is 0 Å². The lowest BCUT2D eigenvalue weighted by atomic mass is 9.84. The second-order valence-electron chi connectivity index (χ2n) is 5.57. The third kappa shape index (κ3) is 3.17. The Morgan fingerprint density at radius 1 is 1.38 bits per heavy atom. The first kappa shape index (κ1) is 12.3. The van der Waals surface area contributed by atoms with Crippen LogP contribution in [-0.4, -0.2) is 73.9 Å². The Kier molecular flexibility index (Phi) is 4.19. The first-order valence-corrected chi connectivity index (χ1v) is 6.43. The smallest absolute Gasteiger partial charge is 0.0791 e. The molecule has 2 atom stereocenters. The summed E-state index contributed by atoms with van der Waals surface area (Å²) in [7, 11) is 4.00. The van der Waals surface area contributed by atoms with Gasteiger partial charge >= 0.3 is 0 Å². The topological polar surface area (TPSA) is 38.7 Å². The van der Waals surface area contributed by atoms with Gasteiger partial charge in [0.2, 0.25) is 0 Å². The van der Waals surface area contributed by atoms with Crippen LogP contribution in [0.25, 0.3) is 0 Å². The highest BCUT2D eigenvalue weighted by atomic mass is 16.3. The molecule has 2 unspecified atom stereocenters. The maximum atomic E-state index is 9.80. The molecule has 0 aliphatic carbocycles. The van der Waals surface area contributed by atoms with Crippen molar-refractivity contribution in [3.63, 3.8) is 0 Å². The van der Waals surface area contributed by atoms with E-state index in [4.69, 9.17) is 0 Å². The highest BCUT2D eigenvalue weighted by Crippen LogP contribution is 2.27. The summed E-state index contributed by atoms with van der Waals surface area (Å²) >= 11 is 0. The van der Waals surface area contributed by atoms with Crippen molar-refractivity contribution < 1.29 is 5.11 Å². The van der Waals surface area contributed by atoms with Crippen LogP contribution in [0.1, 0.15) is 12.8 Å². The molecule has 0 saturated carbocycles. The molecule has 2 N–H and O–H groups in total. The van der Waals surface area contributed by atoms with Gasteiger partial charge in [-0.3, -0.25) is 0 Å². The summed E-state index contributed by atoms with van der Waals surface area (Å²) in [5, 5.41) is 13.3. The largest absolute Gasteiger partial charge is 0.390 e. The van der Waals surface area contributed by atoms with Gasteiger partial charge in [0, 0.05) is 25.7 Å². The maximum Gasteiger partial charge on any atom is 0.0791 e. The molecule has 0 spiro atoms. The molecule has 0 aromatic rings. The van der Waals surface area contributed by atoms with E-state index >= 15 is 0 Å².